The van der Waals surface area contributed by atoms with Crippen LogP contribution in [0.4, 0.5) is 0 Å². The molecule has 0 heterocycles. The Labute approximate surface area is 117 Å². The SMILES string of the molecule is COc1ccc(C(C)(C)C)cc1C(CN)CN(C)C. The maximum absolute atomic E-state index is 5.95. The number of ether oxygens (including phenoxy) is 1. The summed E-state index contributed by atoms with van der Waals surface area (Å²) in [5.74, 6) is 1.23. The van der Waals surface area contributed by atoms with Gasteiger partial charge in [-0.15, -0.1) is 0 Å². The zero-order valence-corrected chi connectivity index (χ0v) is 13.2. The van der Waals surface area contributed by atoms with Gasteiger partial charge in [-0.05, 0) is 31.1 Å². The van der Waals surface area contributed by atoms with Gasteiger partial charge in [0.05, 0.1) is 7.11 Å². The first-order chi connectivity index (χ1) is 8.79. The number of nitrogens with two attached hydrogens (primary N) is 1. The van der Waals surface area contributed by atoms with Gasteiger partial charge in [0.1, 0.15) is 5.75 Å². The molecule has 0 radical (unpaired) electrons. The van der Waals surface area contributed by atoms with Crippen molar-refractivity contribution in [2.75, 3.05) is 34.3 Å². The molecule has 0 aliphatic heterocycles. The Kier molecular flexibility index (Phi) is 5.39. The molecule has 0 aliphatic rings. The van der Waals surface area contributed by atoms with Crippen LogP contribution in [0.2, 0.25) is 0 Å². The van der Waals surface area contributed by atoms with Gasteiger partial charge in [-0.25, -0.2) is 0 Å². The summed E-state index contributed by atoms with van der Waals surface area (Å²) in [4.78, 5) is 2.17. The van der Waals surface area contributed by atoms with Gasteiger partial charge in [0.15, 0.2) is 0 Å². The average molecular weight is 264 g/mol. The van der Waals surface area contributed by atoms with Crippen LogP contribution in [0.3, 0.4) is 0 Å². The number of methoxy groups -OCH3 is 1. The number of likely N-dealkylation sites (N-methyl/N-ethyl adjacent to an activating group) is 1. The van der Waals surface area contributed by atoms with Gasteiger partial charge in [0, 0.05) is 24.6 Å². The van der Waals surface area contributed by atoms with Crippen LogP contribution < -0.4 is 10.5 Å². The fraction of sp³-hybridized carbons (Fsp3) is 0.625. The molecule has 0 saturated carbocycles. The van der Waals surface area contributed by atoms with E-state index in [0.717, 1.165) is 12.3 Å². The van der Waals surface area contributed by atoms with E-state index in [1.54, 1.807) is 7.11 Å². The molecule has 1 aromatic rings. The number of nitrogens with zero attached hydrogens (tertiary/aromatic N) is 1. The van der Waals surface area contributed by atoms with Crippen molar-refractivity contribution < 1.29 is 4.74 Å². The highest BCUT2D eigenvalue weighted by molar-refractivity contribution is 5.42. The second kappa shape index (κ2) is 6.40. The summed E-state index contributed by atoms with van der Waals surface area (Å²) in [5.41, 5.74) is 8.62. The molecule has 0 fully saturated rings. The Bertz CT molecular complexity index is 408. The normalized spacial score (nSPS) is 13.7. The van der Waals surface area contributed by atoms with Gasteiger partial charge >= 0.3 is 0 Å². The number of benzene rings is 1. The first-order valence-electron chi connectivity index (χ1n) is 6.82. The summed E-state index contributed by atoms with van der Waals surface area (Å²) in [7, 11) is 5.87. The molecule has 0 spiro atoms. The molecule has 108 valence electrons. The van der Waals surface area contributed by atoms with Crippen molar-refractivity contribution in [2.24, 2.45) is 5.73 Å². The summed E-state index contributed by atoms with van der Waals surface area (Å²) in [6.45, 7) is 8.23. The number of hydrogen-bond acceptors (Lipinski definition) is 3. The maximum Gasteiger partial charge on any atom is 0.122 e. The van der Waals surface area contributed by atoms with Gasteiger partial charge in [-0.3, -0.25) is 0 Å². The van der Waals surface area contributed by atoms with Crippen LogP contribution in [0.1, 0.15) is 37.8 Å². The molecular weight excluding hydrogens is 236 g/mol. The van der Waals surface area contributed by atoms with Crippen LogP contribution in [0.25, 0.3) is 0 Å². The highest BCUT2D eigenvalue weighted by Crippen LogP contribution is 2.32. The summed E-state index contributed by atoms with van der Waals surface area (Å²) in [6.07, 6.45) is 0. The van der Waals surface area contributed by atoms with Crippen molar-refractivity contribution in [1.29, 1.82) is 0 Å². The molecule has 1 atom stereocenters. The molecular formula is C16H28N2O. The van der Waals surface area contributed by atoms with Gasteiger partial charge in [0.25, 0.3) is 0 Å². The predicted molar refractivity (Wildman–Crippen MR) is 82.0 cm³/mol. The highest BCUT2D eigenvalue weighted by Gasteiger charge is 2.20. The summed E-state index contributed by atoms with van der Waals surface area (Å²) < 4.78 is 5.50. The van der Waals surface area contributed by atoms with Crippen molar-refractivity contribution >= 4 is 0 Å². The van der Waals surface area contributed by atoms with E-state index >= 15 is 0 Å². The summed E-state index contributed by atoms with van der Waals surface area (Å²) in [6, 6.07) is 6.46. The molecule has 1 unspecified atom stereocenters. The molecule has 1 rings (SSSR count). The minimum atomic E-state index is 0.137. The minimum absolute atomic E-state index is 0.137. The van der Waals surface area contributed by atoms with E-state index in [0.29, 0.717) is 12.5 Å². The Balaban J connectivity index is 3.21. The topological polar surface area (TPSA) is 38.5 Å². The van der Waals surface area contributed by atoms with Gasteiger partial charge in [-0.1, -0.05) is 32.9 Å². The fourth-order valence-corrected chi connectivity index (χ4v) is 2.26. The van der Waals surface area contributed by atoms with Crippen LogP contribution >= 0.6 is 0 Å². The molecule has 2 N–H and O–H groups in total. The average Bonchev–Trinajstić information content (AvgIpc) is 2.33. The zero-order valence-electron chi connectivity index (χ0n) is 13.2. The fourth-order valence-electron chi connectivity index (χ4n) is 2.26. The third kappa shape index (κ3) is 4.22. The van der Waals surface area contributed by atoms with Crippen molar-refractivity contribution in [3.63, 3.8) is 0 Å². The van der Waals surface area contributed by atoms with E-state index in [-0.39, 0.29) is 5.41 Å². The summed E-state index contributed by atoms with van der Waals surface area (Å²) in [5, 5.41) is 0. The number of hydrogen-bond donors (Lipinski definition) is 1. The molecule has 0 bridgehead atoms. The van der Waals surface area contributed by atoms with E-state index in [1.165, 1.54) is 11.1 Å². The lowest BCUT2D eigenvalue weighted by molar-refractivity contribution is 0.361. The molecule has 0 aliphatic carbocycles. The first-order valence-corrected chi connectivity index (χ1v) is 6.82. The van der Waals surface area contributed by atoms with Crippen LogP contribution in [0.15, 0.2) is 18.2 Å². The largest absolute Gasteiger partial charge is 0.496 e. The molecule has 3 nitrogen and oxygen atoms in total. The van der Waals surface area contributed by atoms with Crippen LogP contribution in [0, 0.1) is 0 Å². The summed E-state index contributed by atoms with van der Waals surface area (Å²) >= 11 is 0. The van der Waals surface area contributed by atoms with Crippen molar-refractivity contribution in [2.45, 2.75) is 32.1 Å². The molecule has 19 heavy (non-hydrogen) atoms. The Morgan fingerprint density at radius 2 is 1.89 bits per heavy atom. The quantitative estimate of drug-likeness (QED) is 0.888. The van der Waals surface area contributed by atoms with Crippen LogP contribution in [0.5, 0.6) is 5.75 Å². The smallest absolute Gasteiger partial charge is 0.122 e. The minimum Gasteiger partial charge on any atom is -0.496 e. The predicted octanol–water partition coefficient (Wildman–Crippen LogP) is 2.60. The van der Waals surface area contributed by atoms with Crippen LogP contribution in [-0.4, -0.2) is 39.2 Å². The zero-order chi connectivity index (χ0) is 14.6. The maximum atomic E-state index is 5.95. The van der Waals surface area contributed by atoms with E-state index in [4.69, 9.17) is 10.5 Å². The Morgan fingerprint density at radius 3 is 2.32 bits per heavy atom. The molecule has 3 heteroatoms. The van der Waals surface area contributed by atoms with Crippen LogP contribution in [-0.2, 0) is 5.41 Å². The van der Waals surface area contributed by atoms with E-state index in [9.17, 15) is 0 Å². The van der Waals surface area contributed by atoms with E-state index in [2.05, 4.69) is 58.0 Å². The molecule has 1 aromatic carbocycles. The van der Waals surface area contributed by atoms with E-state index in [1.807, 2.05) is 0 Å². The third-order valence-electron chi connectivity index (χ3n) is 3.41. The number of rotatable bonds is 5. The van der Waals surface area contributed by atoms with Gasteiger partial charge in [-0.2, -0.15) is 0 Å². The standard InChI is InChI=1S/C16H28N2O/c1-16(2,3)13-7-8-15(19-6)14(9-13)12(10-17)11-18(4)5/h7-9,12H,10-11,17H2,1-6H3. The Morgan fingerprint density at radius 1 is 1.26 bits per heavy atom. The second-order valence-electron chi connectivity index (χ2n) is 6.40. The lowest BCUT2D eigenvalue weighted by Gasteiger charge is -2.25. The van der Waals surface area contributed by atoms with Gasteiger partial charge < -0.3 is 15.4 Å². The van der Waals surface area contributed by atoms with E-state index < -0.39 is 0 Å². The third-order valence-corrected chi connectivity index (χ3v) is 3.41. The second-order valence-corrected chi connectivity index (χ2v) is 6.40. The molecule has 0 saturated heterocycles. The van der Waals surface area contributed by atoms with Crippen molar-refractivity contribution in [1.82, 2.24) is 4.90 Å². The lowest BCUT2D eigenvalue weighted by atomic mass is 9.84. The Hall–Kier alpha value is -1.06. The molecule has 0 amide bonds. The van der Waals surface area contributed by atoms with Crippen molar-refractivity contribution in [3.8, 4) is 5.75 Å². The molecule has 0 aromatic heterocycles. The lowest BCUT2D eigenvalue weighted by Crippen LogP contribution is -2.26. The monoisotopic (exact) mass is 264 g/mol. The van der Waals surface area contributed by atoms with Crippen molar-refractivity contribution in [3.05, 3.63) is 29.3 Å². The highest BCUT2D eigenvalue weighted by atomic mass is 16.5. The first kappa shape index (κ1) is 16.0. The van der Waals surface area contributed by atoms with Gasteiger partial charge in [0.2, 0.25) is 0 Å².